The quantitative estimate of drug-likeness (QED) is 0.177. The van der Waals surface area contributed by atoms with Crippen molar-refractivity contribution in [3.8, 4) is 21.7 Å². The van der Waals surface area contributed by atoms with Gasteiger partial charge in [-0.15, -0.1) is 11.3 Å². The first kappa shape index (κ1) is 32.2. The number of benzene rings is 3. The van der Waals surface area contributed by atoms with Crippen LogP contribution in [0.25, 0.3) is 42.8 Å². The molecule has 2 fully saturated rings. The van der Waals surface area contributed by atoms with Gasteiger partial charge in [-0.3, -0.25) is 9.58 Å². The zero-order valence-corrected chi connectivity index (χ0v) is 29.1. The van der Waals surface area contributed by atoms with Crippen molar-refractivity contribution in [2.45, 2.75) is 77.7 Å². The number of carbonyl (C=O) groups is 1. The summed E-state index contributed by atoms with van der Waals surface area (Å²) in [7, 11) is 0. The zero-order chi connectivity index (χ0) is 33.0. The minimum Gasteiger partial charge on any atom is -0.479 e. The number of nitrogens with zero attached hydrogens (tertiary/aromatic N) is 4. The second-order valence-electron chi connectivity index (χ2n) is 13.7. The lowest BCUT2D eigenvalue weighted by atomic mass is 9.90. The first-order valence-corrected chi connectivity index (χ1v) is 17.6. The van der Waals surface area contributed by atoms with Gasteiger partial charge in [0.15, 0.2) is 6.10 Å². The predicted octanol–water partition coefficient (Wildman–Crippen LogP) is 8.48. The van der Waals surface area contributed by atoms with Crippen molar-refractivity contribution >= 4 is 50.0 Å². The Kier molecular flexibility index (Phi) is 8.64. The molecule has 1 N–H and O–H groups in total. The molecule has 0 saturated carbocycles. The van der Waals surface area contributed by atoms with Gasteiger partial charge in [-0.2, -0.15) is 5.10 Å². The van der Waals surface area contributed by atoms with Crippen LogP contribution in [0.4, 0.5) is 0 Å². The topological polar surface area (TPSA) is 89.7 Å². The highest BCUT2D eigenvalue weighted by molar-refractivity contribution is 7.22. The summed E-state index contributed by atoms with van der Waals surface area (Å²) in [6, 6.07) is 16.7. The molecule has 0 radical (unpaired) electrons. The second-order valence-corrected chi connectivity index (χ2v) is 15.2. The van der Waals surface area contributed by atoms with Crippen LogP contribution >= 0.6 is 22.9 Å². The maximum absolute atomic E-state index is 12.7. The van der Waals surface area contributed by atoms with Crippen LogP contribution in [-0.4, -0.2) is 68.7 Å². The van der Waals surface area contributed by atoms with E-state index in [0.717, 1.165) is 88.7 Å². The van der Waals surface area contributed by atoms with E-state index in [2.05, 4.69) is 34.7 Å². The van der Waals surface area contributed by atoms with Gasteiger partial charge in [0.05, 0.1) is 46.3 Å². The average Bonchev–Trinajstić information content (AvgIpc) is 3.60. The van der Waals surface area contributed by atoms with Crippen LogP contribution in [0.2, 0.25) is 5.02 Å². The van der Waals surface area contributed by atoms with E-state index in [0.29, 0.717) is 22.5 Å². The fourth-order valence-corrected chi connectivity index (χ4v) is 8.26. The highest BCUT2D eigenvalue weighted by Gasteiger charge is 2.34. The van der Waals surface area contributed by atoms with Gasteiger partial charge in [-0.1, -0.05) is 23.7 Å². The number of halogens is 1. The fraction of sp³-hybridized carbons (Fsp3) is 0.432. The summed E-state index contributed by atoms with van der Waals surface area (Å²) in [5.41, 5.74) is 6.66. The number of hydrogen-bond acceptors (Lipinski definition) is 7. The highest BCUT2D eigenvalue weighted by atomic mass is 35.5. The van der Waals surface area contributed by atoms with Crippen LogP contribution < -0.4 is 0 Å². The third kappa shape index (κ3) is 6.20. The van der Waals surface area contributed by atoms with Crippen molar-refractivity contribution in [1.29, 1.82) is 0 Å². The molecule has 246 valence electrons. The van der Waals surface area contributed by atoms with Gasteiger partial charge in [-0.25, -0.2) is 9.78 Å². The Hall–Kier alpha value is -3.34. The Morgan fingerprint density at radius 2 is 1.81 bits per heavy atom. The number of piperidine rings is 1. The molecule has 2 aromatic heterocycles. The largest absolute Gasteiger partial charge is 0.479 e. The lowest BCUT2D eigenvalue weighted by molar-refractivity contribution is -0.160. The Labute approximate surface area is 284 Å². The monoisotopic (exact) mass is 672 g/mol. The normalized spacial score (nSPS) is 17.4. The Bertz CT molecular complexity index is 1950. The Morgan fingerprint density at radius 3 is 2.43 bits per heavy atom. The average molecular weight is 673 g/mol. The summed E-state index contributed by atoms with van der Waals surface area (Å²) in [6.07, 6.45) is 1.02. The van der Waals surface area contributed by atoms with Crippen molar-refractivity contribution < 1.29 is 19.4 Å². The van der Waals surface area contributed by atoms with E-state index in [1.165, 1.54) is 11.1 Å². The predicted molar refractivity (Wildman–Crippen MR) is 189 cm³/mol. The maximum Gasteiger partial charge on any atom is 0.337 e. The van der Waals surface area contributed by atoms with E-state index in [9.17, 15) is 9.90 Å². The van der Waals surface area contributed by atoms with Gasteiger partial charge < -0.3 is 14.6 Å². The molecule has 4 heterocycles. The third-order valence-electron chi connectivity index (χ3n) is 9.40. The van der Waals surface area contributed by atoms with Crippen LogP contribution in [0, 0.1) is 6.92 Å². The summed E-state index contributed by atoms with van der Waals surface area (Å²) in [5.74, 6) is -0.620. The van der Waals surface area contributed by atoms with E-state index in [1.54, 1.807) is 11.3 Å². The van der Waals surface area contributed by atoms with E-state index < -0.39 is 17.7 Å². The molecular formula is C37H41ClN4O4S. The molecular weight excluding hydrogens is 632 g/mol. The number of hydrogen-bond donors (Lipinski definition) is 1. The minimum absolute atomic E-state index is 0.408. The van der Waals surface area contributed by atoms with Crippen molar-refractivity contribution in [1.82, 2.24) is 19.7 Å². The summed E-state index contributed by atoms with van der Waals surface area (Å²) in [4.78, 5) is 20.5. The number of carboxylic acids is 1. The molecule has 0 unspecified atom stereocenters. The van der Waals surface area contributed by atoms with E-state index >= 15 is 0 Å². The Balaban J connectivity index is 1.34. The third-order valence-corrected chi connectivity index (χ3v) is 10.8. The number of thiazole rings is 1. The number of aryl methyl sites for hydroxylation is 2. The molecule has 10 heteroatoms. The number of fused-ring (bicyclic) bond motifs is 2. The zero-order valence-electron chi connectivity index (χ0n) is 27.5. The lowest BCUT2D eigenvalue weighted by Crippen LogP contribution is -2.51. The number of aliphatic carboxylic acids is 1. The SMILES string of the molecule is CCn1nc(C2CCN(C3COC3)CC2)c2cc(-c3nc4cc(C)c([C@H](OC(C)(C)C)C(=O)O)c(-c5ccc(Cl)cc5)c4s3)ccc21. The van der Waals surface area contributed by atoms with Crippen molar-refractivity contribution in [2.75, 3.05) is 26.3 Å². The number of rotatable bonds is 8. The van der Waals surface area contributed by atoms with E-state index in [4.69, 9.17) is 31.2 Å². The van der Waals surface area contributed by atoms with Gasteiger partial charge >= 0.3 is 5.97 Å². The van der Waals surface area contributed by atoms with Crippen LogP contribution in [0.15, 0.2) is 48.5 Å². The minimum atomic E-state index is -1.15. The summed E-state index contributed by atoms with van der Waals surface area (Å²) < 4.78 is 14.7. The molecule has 1 atom stereocenters. The molecule has 2 aliphatic rings. The van der Waals surface area contributed by atoms with Gasteiger partial charge in [0.25, 0.3) is 0 Å². The first-order valence-electron chi connectivity index (χ1n) is 16.4. The standard InChI is InChI=1S/C37H41ClN4O4S/c1-6-42-29-12-9-24(18-27(29)32(40-42)23-13-15-41(16-14-23)26-19-45-20-26)35-39-28-17-21(2)30(33(36(43)44)46-37(3,4)5)31(34(28)47-35)22-7-10-25(38)11-8-22/h7-12,17-18,23,26,33H,6,13-16,19-20H2,1-5H3,(H,43,44)/t33-/m0/s1. The Morgan fingerprint density at radius 1 is 1.11 bits per heavy atom. The first-order chi connectivity index (χ1) is 22.5. The van der Waals surface area contributed by atoms with Gasteiger partial charge in [0.1, 0.15) is 5.01 Å². The molecule has 2 aliphatic heterocycles. The number of aromatic nitrogens is 3. The van der Waals surface area contributed by atoms with Crippen LogP contribution in [0.1, 0.15) is 69.4 Å². The van der Waals surface area contributed by atoms with Crippen LogP contribution in [0.5, 0.6) is 0 Å². The second kappa shape index (κ2) is 12.6. The van der Waals surface area contributed by atoms with E-state index in [1.807, 2.05) is 58.0 Å². The highest BCUT2D eigenvalue weighted by Crippen LogP contribution is 2.45. The molecule has 0 spiro atoms. The maximum atomic E-state index is 12.7. The van der Waals surface area contributed by atoms with Crippen molar-refractivity contribution in [3.05, 3.63) is 70.4 Å². The number of carboxylic acid groups (broad SMARTS) is 1. The smallest absolute Gasteiger partial charge is 0.337 e. The molecule has 0 amide bonds. The molecule has 0 aliphatic carbocycles. The van der Waals surface area contributed by atoms with Gasteiger partial charge in [-0.05, 0) is 108 Å². The lowest BCUT2D eigenvalue weighted by Gasteiger charge is -2.41. The molecule has 47 heavy (non-hydrogen) atoms. The van der Waals surface area contributed by atoms with Gasteiger partial charge in [0, 0.05) is 39.6 Å². The van der Waals surface area contributed by atoms with Crippen LogP contribution in [0.3, 0.4) is 0 Å². The van der Waals surface area contributed by atoms with Gasteiger partial charge in [0.2, 0.25) is 0 Å². The summed E-state index contributed by atoms with van der Waals surface area (Å²) in [6.45, 7) is 14.4. The fourth-order valence-electron chi connectivity index (χ4n) is 7.01. The molecule has 5 aromatic rings. The van der Waals surface area contributed by atoms with Crippen molar-refractivity contribution in [3.63, 3.8) is 0 Å². The van der Waals surface area contributed by atoms with Crippen molar-refractivity contribution in [2.24, 2.45) is 0 Å². The molecule has 0 bridgehead atoms. The summed E-state index contributed by atoms with van der Waals surface area (Å²) in [5, 5.41) is 18.2. The molecule has 2 saturated heterocycles. The van der Waals surface area contributed by atoms with E-state index in [-0.39, 0.29) is 0 Å². The number of likely N-dealkylation sites (tertiary alicyclic amines) is 1. The molecule has 7 rings (SSSR count). The van der Waals surface area contributed by atoms with Crippen LogP contribution in [-0.2, 0) is 20.8 Å². The number of ether oxygens (including phenoxy) is 2. The molecule has 3 aromatic carbocycles. The molecule has 8 nitrogen and oxygen atoms in total. The summed E-state index contributed by atoms with van der Waals surface area (Å²) >= 11 is 7.87.